The number of aromatic hydroxyl groups is 1. The van der Waals surface area contributed by atoms with Gasteiger partial charge in [0.05, 0.1) is 10.5 Å². The molecule has 0 radical (unpaired) electrons. The summed E-state index contributed by atoms with van der Waals surface area (Å²) < 4.78 is 0.146. The molecule has 1 fully saturated rings. The minimum absolute atomic E-state index is 0.0275. The molecule has 2 N–H and O–H groups in total. The number of carbonyl (C=O) groups is 2. The number of hydrogen-bond acceptors (Lipinski definition) is 5. The Morgan fingerprint density at radius 3 is 2.46 bits per heavy atom. The fourth-order valence-corrected chi connectivity index (χ4v) is 3.84. The maximum Gasteiger partial charge on any atom is 0.285 e. The van der Waals surface area contributed by atoms with Gasteiger partial charge in [0.1, 0.15) is 5.75 Å². The van der Waals surface area contributed by atoms with E-state index in [1.807, 2.05) is 0 Å². The number of thiocarbonyl (C=S) groups is 1. The number of carbonyl (C=O) groups excluding carboxylic acids is 2. The van der Waals surface area contributed by atoms with Crippen LogP contribution in [-0.4, -0.2) is 26.3 Å². The van der Waals surface area contributed by atoms with E-state index < -0.39 is 11.8 Å². The molecule has 1 saturated heterocycles. The molecule has 5 nitrogen and oxygen atoms in total. The van der Waals surface area contributed by atoms with Gasteiger partial charge in [-0.2, -0.15) is 5.01 Å². The number of phenols is 1. The largest absolute Gasteiger partial charge is 0.507 e. The maximum absolute atomic E-state index is 12.6. The first-order chi connectivity index (χ1) is 12.4. The summed E-state index contributed by atoms with van der Waals surface area (Å²) >= 11 is 18.4. The van der Waals surface area contributed by atoms with Crippen LogP contribution in [0, 0.1) is 0 Å². The number of benzene rings is 2. The van der Waals surface area contributed by atoms with Crippen molar-refractivity contribution in [2.24, 2.45) is 0 Å². The third-order valence-corrected chi connectivity index (χ3v) is 5.39. The van der Waals surface area contributed by atoms with Gasteiger partial charge >= 0.3 is 0 Å². The third kappa shape index (κ3) is 3.71. The van der Waals surface area contributed by atoms with Crippen molar-refractivity contribution in [1.82, 2.24) is 10.4 Å². The summed E-state index contributed by atoms with van der Waals surface area (Å²) in [7, 11) is 0. The van der Waals surface area contributed by atoms with E-state index in [2.05, 4.69) is 5.43 Å². The van der Waals surface area contributed by atoms with Crippen molar-refractivity contribution in [3.63, 3.8) is 0 Å². The molecule has 2 aromatic carbocycles. The van der Waals surface area contributed by atoms with Crippen molar-refractivity contribution in [3.8, 4) is 5.75 Å². The van der Waals surface area contributed by atoms with Crippen molar-refractivity contribution in [3.05, 3.63) is 68.5 Å². The molecule has 0 atom stereocenters. The van der Waals surface area contributed by atoms with Crippen LogP contribution in [0.3, 0.4) is 0 Å². The molecule has 0 aliphatic carbocycles. The summed E-state index contributed by atoms with van der Waals surface area (Å²) in [5, 5.41) is 11.5. The Kier molecular flexibility index (Phi) is 5.52. The molecule has 1 aliphatic rings. The predicted molar refractivity (Wildman–Crippen MR) is 107 cm³/mol. The number of halogens is 2. The van der Waals surface area contributed by atoms with Crippen molar-refractivity contribution in [2.45, 2.75) is 0 Å². The van der Waals surface area contributed by atoms with Gasteiger partial charge in [0.25, 0.3) is 11.8 Å². The first-order valence-electron chi connectivity index (χ1n) is 7.19. The van der Waals surface area contributed by atoms with E-state index in [1.165, 1.54) is 18.2 Å². The molecule has 0 spiro atoms. The van der Waals surface area contributed by atoms with Crippen LogP contribution < -0.4 is 5.43 Å². The zero-order valence-electron chi connectivity index (χ0n) is 12.9. The van der Waals surface area contributed by atoms with Crippen molar-refractivity contribution in [1.29, 1.82) is 0 Å². The Balaban J connectivity index is 1.85. The minimum atomic E-state index is -0.656. The summed E-state index contributed by atoms with van der Waals surface area (Å²) in [4.78, 5) is 25.1. The van der Waals surface area contributed by atoms with Crippen molar-refractivity contribution >= 4 is 69.4 Å². The molecular formula is C17H10Cl2N2O3S2. The van der Waals surface area contributed by atoms with Gasteiger partial charge in [0.2, 0.25) is 0 Å². The van der Waals surface area contributed by atoms with E-state index >= 15 is 0 Å². The Bertz CT molecular complexity index is 943. The fourth-order valence-electron chi connectivity index (χ4n) is 2.17. The van der Waals surface area contributed by atoms with Crippen LogP contribution in [0.1, 0.15) is 15.9 Å². The summed E-state index contributed by atoms with van der Waals surface area (Å²) in [5.41, 5.74) is 2.91. The molecule has 132 valence electrons. The third-order valence-electron chi connectivity index (χ3n) is 3.43. The highest BCUT2D eigenvalue weighted by atomic mass is 35.5. The summed E-state index contributed by atoms with van der Waals surface area (Å²) in [5.74, 6) is -1.37. The molecule has 3 rings (SSSR count). The average Bonchev–Trinajstić information content (AvgIpc) is 2.86. The maximum atomic E-state index is 12.6. The Hall–Kier alpha value is -2.06. The van der Waals surface area contributed by atoms with E-state index in [0.29, 0.717) is 15.6 Å². The van der Waals surface area contributed by atoms with Gasteiger partial charge in [-0.1, -0.05) is 53.2 Å². The lowest BCUT2D eigenvalue weighted by Crippen LogP contribution is -2.44. The molecule has 26 heavy (non-hydrogen) atoms. The lowest BCUT2D eigenvalue weighted by molar-refractivity contribution is -0.123. The van der Waals surface area contributed by atoms with E-state index in [1.54, 1.807) is 30.3 Å². The molecule has 0 bridgehead atoms. The van der Waals surface area contributed by atoms with E-state index in [9.17, 15) is 14.7 Å². The molecule has 2 aromatic rings. The predicted octanol–water partition coefficient (Wildman–Crippen LogP) is 4.25. The number of thioether (sulfide) groups is 1. The number of hydrazine groups is 1. The molecule has 2 amide bonds. The molecule has 1 heterocycles. The topological polar surface area (TPSA) is 69.6 Å². The number of nitrogens with zero attached hydrogens (tertiary/aromatic N) is 1. The number of phenolic OH excluding ortho intramolecular Hbond substituents is 1. The van der Waals surface area contributed by atoms with Crippen LogP contribution in [0.5, 0.6) is 5.75 Å². The van der Waals surface area contributed by atoms with Crippen LogP contribution in [0.25, 0.3) is 6.08 Å². The molecule has 1 aliphatic heterocycles. The summed E-state index contributed by atoms with van der Waals surface area (Å²) in [6, 6.07) is 11.0. The number of hydrogen-bond donors (Lipinski definition) is 2. The molecular weight excluding hydrogens is 415 g/mol. The van der Waals surface area contributed by atoms with Gasteiger partial charge in [-0.05, 0) is 42.6 Å². The zero-order valence-corrected chi connectivity index (χ0v) is 16.0. The van der Waals surface area contributed by atoms with Crippen LogP contribution in [-0.2, 0) is 4.79 Å². The fraction of sp³-hybridized carbons (Fsp3) is 0. The molecule has 0 aromatic heterocycles. The zero-order chi connectivity index (χ0) is 18.8. The number of nitrogens with one attached hydrogen (secondary N) is 1. The molecule has 9 heteroatoms. The summed E-state index contributed by atoms with van der Waals surface area (Å²) in [6.07, 6.45) is 1.52. The lowest BCUT2D eigenvalue weighted by atomic mass is 10.2. The van der Waals surface area contributed by atoms with E-state index in [4.69, 9.17) is 35.4 Å². The second kappa shape index (κ2) is 7.67. The Labute approximate surface area is 168 Å². The van der Waals surface area contributed by atoms with Crippen LogP contribution in [0.2, 0.25) is 10.0 Å². The number of rotatable bonds is 3. The van der Waals surface area contributed by atoms with Gasteiger partial charge in [-0.25, -0.2) is 0 Å². The standard InChI is InChI=1S/C17H10Cl2N2O3S2/c18-11-5-3-6-12(19)10(11)8-14-16(24)21(17(25)26-14)20-15(23)9-4-1-2-7-13(9)22/h1-8,22H,(H,20,23)/b14-8-. The average molecular weight is 425 g/mol. The SMILES string of the molecule is O=C(NN1C(=O)/C(=C/c2c(Cl)cccc2Cl)SC1=S)c1ccccc1O. The van der Waals surface area contributed by atoms with Gasteiger partial charge in [0, 0.05) is 15.6 Å². The smallest absolute Gasteiger partial charge is 0.285 e. The van der Waals surface area contributed by atoms with Crippen LogP contribution >= 0.6 is 47.2 Å². The minimum Gasteiger partial charge on any atom is -0.507 e. The quantitative estimate of drug-likeness (QED) is 0.569. The molecule has 0 unspecified atom stereocenters. The Morgan fingerprint density at radius 2 is 1.81 bits per heavy atom. The van der Waals surface area contributed by atoms with E-state index in [0.717, 1.165) is 16.8 Å². The van der Waals surface area contributed by atoms with Gasteiger partial charge < -0.3 is 5.11 Å². The highest BCUT2D eigenvalue weighted by Crippen LogP contribution is 2.35. The lowest BCUT2D eigenvalue weighted by Gasteiger charge is -2.16. The normalized spacial score (nSPS) is 15.6. The van der Waals surface area contributed by atoms with Gasteiger partial charge in [0.15, 0.2) is 4.32 Å². The highest BCUT2D eigenvalue weighted by molar-refractivity contribution is 8.26. The first kappa shape index (κ1) is 18.7. The second-order valence-corrected chi connectivity index (χ2v) is 7.60. The van der Waals surface area contributed by atoms with Crippen molar-refractivity contribution in [2.75, 3.05) is 0 Å². The number of amides is 2. The Morgan fingerprint density at radius 1 is 1.15 bits per heavy atom. The van der Waals surface area contributed by atoms with Crippen LogP contribution in [0.4, 0.5) is 0 Å². The van der Waals surface area contributed by atoms with E-state index in [-0.39, 0.29) is 20.5 Å². The van der Waals surface area contributed by atoms with Gasteiger partial charge in [-0.3, -0.25) is 15.0 Å². The second-order valence-electron chi connectivity index (χ2n) is 5.11. The summed E-state index contributed by atoms with van der Waals surface area (Å²) in [6.45, 7) is 0. The first-order valence-corrected chi connectivity index (χ1v) is 9.17. The van der Waals surface area contributed by atoms with Gasteiger partial charge in [-0.15, -0.1) is 0 Å². The molecule has 0 saturated carbocycles. The monoisotopic (exact) mass is 424 g/mol. The van der Waals surface area contributed by atoms with Crippen molar-refractivity contribution < 1.29 is 14.7 Å². The number of para-hydroxylation sites is 1. The highest BCUT2D eigenvalue weighted by Gasteiger charge is 2.34. The van der Waals surface area contributed by atoms with Crippen LogP contribution in [0.15, 0.2) is 47.4 Å².